The average molecular weight is 343 g/mol. The van der Waals surface area contributed by atoms with E-state index < -0.39 is 10.0 Å². The molecule has 3 rings (SSSR count). The summed E-state index contributed by atoms with van der Waals surface area (Å²) in [5.41, 5.74) is 1.53. The summed E-state index contributed by atoms with van der Waals surface area (Å²) in [6.45, 7) is 0.489. The SMILES string of the molecule is CN(C)S(=O)(=O)c1cccc(Cn2ccnc2-c2cnccn2)c1. The molecule has 0 aliphatic heterocycles. The van der Waals surface area contributed by atoms with Gasteiger partial charge in [-0.3, -0.25) is 4.98 Å². The van der Waals surface area contributed by atoms with Gasteiger partial charge in [-0.2, -0.15) is 0 Å². The third-order valence-corrected chi connectivity index (χ3v) is 5.35. The van der Waals surface area contributed by atoms with Gasteiger partial charge in [0.15, 0.2) is 5.82 Å². The monoisotopic (exact) mass is 343 g/mol. The van der Waals surface area contributed by atoms with Crippen molar-refractivity contribution >= 4 is 10.0 Å². The third kappa shape index (κ3) is 3.19. The Bertz CT molecular complexity index is 936. The van der Waals surface area contributed by atoms with Crippen molar-refractivity contribution in [1.29, 1.82) is 0 Å². The summed E-state index contributed by atoms with van der Waals surface area (Å²) < 4.78 is 27.6. The van der Waals surface area contributed by atoms with E-state index >= 15 is 0 Å². The predicted octanol–water partition coefficient (Wildman–Crippen LogP) is 1.64. The second-order valence-corrected chi connectivity index (χ2v) is 7.56. The summed E-state index contributed by atoms with van der Waals surface area (Å²) in [5.74, 6) is 0.684. The molecule has 0 radical (unpaired) electrons. The van der Waals surface area contributed by atoms with Gasteiger partial charge < -0.3 is 4.57 Å². The fourth-order valence-electron chi connectivity index (χ4n) is 2.30. The van der Waals surface area contributed by atoms with E-state index in [1.165, 1.54) is 18.4 Å². The maximum absolute atomic E-state index is 12.3. The Morgan fingerprint density at radius 3 is 2.67 bits per heavy atom. The van der Waals surface area contributed by atoms with Crippen molar-refractivity contribution in [2.24, 2.45) is 0 Å². The molecular formula is C16H17N5O2S. The van der Waals surface area contributed by atoms with Crippen LogP contribution >= 0.6 is 0 Å². The van der Waals surface area contributed by atoms with Crippen molar-refractivity contribution in [3.05, 3.63) is 60.8 Å². The van der Waals surface area contributed by atoms with E-state index in [2.05, 4.69) is 15.0 Å². The van der Waals surface area contributed by atoms with Gasteiger partial charge in [0.2, 0.25) is 10.0 Å². The first kappa shape index (κ1) is 16.3. The van der Waals surface area contributed by atoms with E-state index in [-0.39, 0.29) is 4.90 Å². The highest BCUT2D eigenvalue weighted by Crippen LogP contribution is 2.18. The minimum absolute atomic E-state index is 0.270. The van der Waals surface area contributed by atoms with Crippen molar-refractivity contribution in [2.45, 2.75) is 11.4 Å². The van der Waals surface area contributed by atoms with Gasteiger partial charge in [-0.05, 0) is 17.7 Å². The molecule has 7 nitrogen and oxygen atoms in total. The molecule has 0 atom stereocenters. The van der Waals surface area contributed by atoms with Crippen LogP contribution in [0.5, 0.6) is 0 Å². The lowest BCUT2D eigenvalue weighted by Gasteiger charge is -2.13. The molecule has 124 valence electrons. The van der Waals surface area contributed by atoms with Gasteiger partial charge in [0.05, 0.1) is 11.1 Å². The first-order valence-electron chi connectivity index (χ1n) is 7.27. The number of hydrogen-bond acceptors (Lipinski definition) is 5. The minimum Gasteiger partial charge on any atom is -0.325 e. The largest absolute Gasteiger partial charge is 0.325 e. The summed E-state index contributed by atoms with van der Waals surface area (Å²) in [6.07, 6.45) is 8.37. The molecule has 0 aliphatic carbocycles. The first-order valence-corrected chi connectivity index (χ1v) is 8.71. The number of rotatable bonds is 5. The topological polar surface area (TPSA) is 81.0 Å². The van der Waals surface area contributed by atoms with Crippen LogP contribution in [0.2, 0.25) is 0 Å². The first-order chi connectivity index (χ1) is 11.5. The van der Waals surface area contributed by atoms with Gasteiger partial charge in [0.25, 0.3) is 0 Å². The lowest BCUT2D eigenvalue weighted by Crippen LogP contribution is -2.22. The summed E-state index contributed by atoms with van der Waals surface area (Å²) in [4.78, 5) is 12.9. The van der Waals surface area contributed by atoms with Crippen LogP contribution in [-0.2, 0) is 16.6 Å². The van der Waals surface area contributed by atoms with E-state index in [4.69, 9.17) is 0 Å². The number of nitrogens with zero attached hydrogens (tertiary/aromatic N) is 5. The summed E-state index contributed by atoms with van der Waals surface area (Å²) in [6, 6.07) is 6.89. The molecule has 2 heterocycles. The molecule has 0 amide bonds. The Kier molecular flexibility index (Phi) is 4.41. The normalized spacial score (nSPS) is 11.8. The highest BCUT2D eigenvalue weighted by molar-refractivity contribution is 7.89. The van der Waals surface area contributed by atoms with Gasteiger partial charge in [-0.15, -0.1) is 0 Å². The van der Waals surface area contributed by atoms with Crippen molar-refractivity contribution in [3.63, 3.8) is 0 Å². The maximum Gasteiger partial charge on any atom is 0.242 e. The van der Waals surface area contributed by atoms with E-state index in [0.29, 0.717) is 18.1 Å². The number of benzene rings is 1. The van der Waals surface area contributed by atoms with Gasteiger partial charge in [0.1, 0.15) is 5.69 Å². The Balaban J connectivity index is 1.93. The van der Waals surface area contributed by atoms with Crippen LogP contribution in [0.4, 0.5) is 0 Å². The standard InChI is InChI=1S/C16H17N5O2S/c1-20(2)24(22,23)14-5-3-4-13(10-14)12-21-9-8-19-16(21)15-11-17-6-7-18-15/h3-11H,12H2,1-2H3. The Morgan fingerprint density at radius 2 is 1.96 bits per heavy atom. The quantitative estimate of drug-likeness (QED) is 0.703. The van der Waals surface area contributed by atoms with Gasteiger partial charge in [-0.1, -0.05) is 12.1 Å². The van der Waals surface area contributed by atoms with Crippen molar-refractivity contribution in [2.75, 3.05) is 14.1 Å². The second kappa shape index (κ2) is 6.50. The molecule has 1 aromatic carbocycles. The zero-order valence-corrected chi connectivity index (χ0v) is 14.2. The maximum atomic E-state index is 12.3. The molecule has 0 N–H and O–H groups in total. The van der Waals surface area contributed by atoms with Crippen molar-refractivity contribution < 1.29 is 8.42 Å². The number of sulfonamides is 1. The average Bonchev–Trinajstić information content (AvgIpc) is 3.04. The number of imidazole rings is 1. The zero-order chi connectivity index (χ0) is 17.2. The minimum atomic E-state index is -3.45. The summed E-state index contributed by atoms with van der Waals surface area (Å²) in [5, 5.41) is 0. The van der Waals surface area contributed by atoms with Crippen LogP contribution in [0.1, 0.15) is 5.56 Å². The van der Waals surface area contributed by atoms with Gasteiger partial charge in [0, 0.05) is 45.4 Å². The molecule has 0 unspecified atom stereocenters. The van der Waals surface area contributed by atoms with Gasteiger partial charge in [-0.25, -0.2) is 22.7 Å². The lowest BCUT2D eigenvalue weighted by atomic mass is 10.2. The molecule has 8 heteroatoms. The molecule has 0 spiro atoms. The molecule has 0 saturated carbocycles. The Morgan fingerprint density at radius 1 is 1.12 bits per heavy atom. The van der Waals surface area contributed by atoms with Crippen LogP contribution in [0.25, 0.3) is 11.5 Å². The third-order valence-electron chi connectivity index (χ3n) is 3.54. The van der Waals surface area contributed by atoms with Crippen LogP contribution < -0.4 is 0 Å². The predicted molar refractivity (Wildman–Crippen MR) is 89.7 cm³/mol. The summed E-state index contributed by atoms with van der Waals surface area (Å²) in [7, 11) is -0.419. The zero-order valence-electron chi connectivity index (χ0n) is 13.4. The number of aromatic nitrogens is 4. The second-order valence-electron chi connectivity index (χ2n) is 5.40. The highest BCUT2D eigenvalue weighted by Gasteiger charge is 2.17. The summed E-state index contributed by atoms with van der Waals surface area (Å²) >= 11 is 0. The molecule has 0 bridgehead atoms. The van der Waals surface area contributed by atoms with Crippen LogP contribution in [0, 0.1) is 0 Å². The fourth-order valence-corrected chi connectivity index (χ4v) is 3.27. The van der Waals surface area contributed by atoms with Crippen molar-refractivity contribution in [3.8, 4) is 11.5 Å². The van der Waals surface area contributed by atoms with E-state index in [1.54, 1.807) is 43.0 Å². The fraction of sp³-hybridized carbons (Fsp3) is 0.188. The van der Waals surface area contributed by atoms with Gasteiger partial charge >= 0.3 is 0 Å². The van der Waals surface area contributed by atoms with Crippen LogP contribution in [0.3, 0.4) is 0 Å². The Hall–Kier alpha value is -2.58. The molecule has 0 fully saturated rings. The van der Waals surface area contributed by atoms with Crippen molar-refractivity contribution in [1.82, 2.24) is 23.8 Å². The molecule has 0 aliphatic rings. The van der Waals surface area contributed by atoms with E-state index in [1.807, 2.05) is 16.8 Å². The molecule has 3 aromatic rings. The highest BCUT2D eigenvalue weighted by atomic mass is 32.2. The number of hydrogen-bond donors (Lipinski definition) is 0. The molecule has 2 aromatic heterocycles. The smallest absolute Gasteiger partial charge is 0.242 e. The molecule has 24 heavy (non-hydrogen) atoms. The lowest BCUT2D eigenvalue weighted by molar-refractivity contribution is 0.520. The van der Waals surface area contributed by atoms with Crippen LogP contribution in [0.15, 0.2) is 60.1 Å². The molecular weight excluding hydrogens is 326 g/mol. The van der Waals surface area contributed by atoms with E-state index in [9.17, 15) is 8.42 Å². The van der Waals surface area contributed by atoms with E-state index in [0.717, 1.165) is 5.56 Å². The Labute approximate surface area is 140 Å². The molecule has 0 saturated heterocycles. The van der Waals surface area contributed by atoms with Crippen LogP contribution in [-0.4, -0.2) is 46.3 Å².